The summed E-state index contributed by atoms with van der Waals surface area (Å²) in [6.07, 6.45) is 1.34. The van der Waals surface area contributed by atoms with Gasteiger partial charge in [-0.25, -0.2) is 8.42 Å². The molecule has 0 aromatic carbocycles. The van der Waals surface area contributed by atoms with Crippen LogP contribution < -0.4 is 0 Å². The van der Waals surface area contributed by atoms with Crippen molar-refractivity contribution in [3.05, 3.63) is 0 Å². The second-order valence-electron chi connectivity index (χ2n) is 3.64. The Morgan fingerprint density at radius 2 is 1.69 bits per heavy atom. The Labute approximate surface area is 96.1 Å². The first-order valence-corrected chi connectivity index (χ1v) is 6.96. The fourth-order valence-corrected chi connectivity index (χ4v) is 2.46. The third-order valence-corrected chi connectivity index (χ3v) is 3.82. The topological polar surface area (TPSA) is 77.5 Å². The number of methoxy groups -OCH3 is 1. The maximum Gasteiger partial charge on any atom is 0.306 e. The lowest BCUT2D eigenvalue weighted by Gasteiger charge is -2.03. The number of carbonyl (C=O) groups excluding carboxylic acids is 2. The minimum atomic E-state index is -3.20. The number of ether oxygens (including phenoxy) is 1. The molecule has 0 aromatic rings. The van der Waals surface area contributed by atoms with Gasteiger partial charge >= 0.3 is 5.97 Å². The number of Topliss-reactive ketones (excluding diaryl/α,β-unsaturated/α-hetero) is 1. The van der Waals surface area contributed by atoms with E-state index in [2.05, 4.69) is 4.74 Å². The van der Waals surface area contributed by atoms with E-state index in [1.807, 2.05) is 0 Å². The number of unbranched alkanes of at least 4 members (excludes halogenated alkanes) is 1. The highest BCUT2D eigenvalue weighted by Gasteiger charge is 2.13. The largest absolute Gasteiger partial charge is 0.469 e. The number of rotatable bonds is 8. The van der Waals surface area contributed by atoms with E-state index in [-0.39, 0.29) is 23.7 Å². The zero-order chi connectivity index (χ0) is 12.6. The molecule has 0 N–H and O–H groups in total. The molecule has 16 heavy (non-hydrogen) atoms. The predicted octanol–water partition coefficient (Wildman–Crippen LogP) is 0.724. The van der Waals surface area contributed by atoms with Crippen LogP contribution in [0.2, 0.25) is 0 Å². The van der Waals surface area contributed by atoms with E-state index in [1.54, 1.807) is 0 Å². The summed E-state index contributed by atoms with van der Waals surface area (Å²) in [5.74, 6) is -0.615. The maximum atomic E-state index is 11.4. The molecule has 0 radical (unpaired) electrons. The first-order chi connectivity index (χ1) is 7.37. The van der Waals surface area contributed by atoms with Crippen LogP contribution in [0.4, 0.5) is 0 Å². The Bertz CT molecular complexity index is 331. The highest BCUT2D eigenvalue weighted by molar-refractivity contribution is 7.91. The van der Waals surface area contributed by atoms with E-state index in [0.29, 0.717) is 19.3 Å². The zero-order valence-corrected chi connectivity index (χ0v) is 10.5. The summed E-state index contributed by atoms with van der Waals surface area (Å²) in [5.41, 5.74) is 0. The van der Waals surface area contributed by atoms with Gasteiger partial charge in [-0.3, -0.25) is 4.79 Å². The molecular weight excluding hydrogens is 232 g/mol. The van der Waals surface area contributed by atoms with Crippen LogP contribution in [0.1, 0.15) is 32.6 Å². The van der Waals surface area contributed by atoms with Gasteiger partial charge in [0.25, 0.3) is 0 Å². The number of carbonyl (C=O) groups is 2. The Morgan fingerprint density at radius 3 is 2.19 bits per heavy atom. The monoisotopic (exact) mass is 250 g/mol. The Balaban J connectivity index is 3.79. The number of sulfone groups is 1. The van der Waals surface area contributed by atoms with Crippen LogP contribution in [0.25, 0.3) is 0 Å². The smallest absolute Gasteiger partial charge is 0.306 e. The lowest BCUT2D eigenvalue weighted by Crippen LogP contribution is -2.15. The molecule has 0 unspecified atom stereocenters. The molecule has 0 spiro atoms. The minimum Gasteiger partial charge on any atom is -0.469 e. The van der Waals surface area contributed by atoms with Crippen LogP contribution in [-0.2, 0) is 24.2 Å². The van der Waals surface area contributed by atoms with Crippen LogP contribution >= 0.6 is 0 Å². The van der Waals surface area contributed by atoms with Crippen molar-refractivity contribution in [1.29, 1.82) is 0 Å². The molecule has 0 aliphatic carbocycles. The van der Waals surface area contributed by atoms with Crippen molar-refractivity contribution in [2.75, 3.05) is 18.6 Å². The normalized spacial score (nSPS) is 11.1. The van der Waals surface area contributed by atoms with Gasteiger partial charge in [-0.05, 0) is 19.8 Å². The molecular formula is C10H18O5S. The predicted molar refractivity (Wildman–Crippen MR) is 59.8 cm³/mol. The van der Waals surface area contributed by atoms with Crippen molar-refractivity contribution < 1.29 is 22.7 Å². The van der Waals surface area contributed by atoms with Crippen LogP contribution in [0.5, 0.6) is 0 Å². The molecule has 0 rings (SSSR count). The molecule has 0 bridgehead atoms. The van der Waals surface area contributed by atoms with E-state index in [1.165, 1.54) is 14.0 Å². The molecule has 0 aliphatic heterocycles. The van der Waals surface area contributed by atoms with Gasteiger partial charge < -0.3 is 9.53 Å². The quantitative estimate of drug-likeness (QED) is 0.468. The Hall–Kier alpha value is -0.910. The number of hydrogen-bond donors (Lipinski definition) is 0. The Kier molecular flexibility index (Phi) is 6.96. The van der Waals surface area contributed by atoms with Gasteiger partial charge in [0.2, 0.25) is 0 Å². The minimum absolute atomic E-state index is 0.0251. The second-order valence-corrected chi connectivity index (χ2v) is 5.94. The van der Waals surface area contributed by atoms with Gasteiger partial charge in [-0.15, -0.1) is 0 Å². The van der Waals surface area contributed by atoms with E-state index in [0.717, 1.165) is 0 Å². The molecule has 0 amide bonds. The number of esters is 1. The van der Waals surface area contributed by atoms with Crippen LogP contribution in [0.15, 0.2) is 0 Å². The van der Waals surface area contributed by atoms with E-state index >= 15 is 0 Å². The van der Waals surface area contributed by atoms with E-state index in [9.17, 15) is 18.0 Å². The van der Waals surface area contributed by atoms with Gasteiger partial charge in [-0.2, -0.15) is 0 Å². The highest BCUT2D eigenvalue weighted by Crippen LogP contribution is 2.03. The van der Waals surface area contributed by atoms with Crippen LogP contribution in [0, 0.1) is 0 Å². The van der Waals surface area contributed by atoms with Gasteiger partial charge in [-0.1, -0.05) is 0 Å². The van der Waals surface area contributed by atoms with Crippen molar-refractivity contribution >= 4 is 21.6 Å². The summed E-state index contributed by atoms with van der Waals surface area (Å²) in [7, 11) is -1.97. The molecule has 0 saturated heterocycles. The van der Waals surface area contributed by atoms with E-state index in [4.69, 9.17) is 0 Å². The second kappa shape index (κ2) is 7.38. The van der Waals surface area contributed by atoms with Crippen molar-refractivity contribution in [2.45, 2.75) is 32.6 Å². The third-order valence-electron chi connectivity index (χ3n) is 2.08. The van der Waals surface area contributed by atoms with Gasteiger partial charge in [0, 0.05) is 6.42 Å². The Morgan fingerprint density at radius 1 is 1.06 bits per heavy atom. The lowest BCUT2D eigenvalue weighted by atomic mass is 10.2. The first kappa shape index (κ1) is 15.1. The fourth-order valence-electron chi connectivity index (χ4n) is 1.14. The summed E-state index contributed by atoms with van der Waals surface area (Å²) >= 11 is 0. The van der Waals surface area contributed by atoms with Crippen LogP contribution in [-0.4, -0.2) is 38.8 Å². The molecule has 0 fully saturated rings. The van der Waals surface area contributed by atoms with Crippen LogP contribution in [0.3, 0.4) is 0 Å². The van der Waals surface area contributed by atoms with Crippen molar-refractivity contribution in [3.63, 3.8) is 0 Å². The summed E-state index contributed by atoms with van der Waals surface area (Å²) < 4.78 is 27.2. The molecule has 94 valence electrons. The highest BCUT2D eigenvalue weighted by atomic mass is 32.2. The standard InChI is InChI=1S/C10H18O5S/c1-9(11)5-3-4-7-16(13,14)8-6-10(12)15-2/h3-8H2,1-2H3. The van der Waals surface area contributed by atoms with Crippen molar-refractivity contribution in [2.24, 2.45) is 0 Å². The lowest BCUT2D eigenvalue weighted by molar-refractivity contribution is -0.140. The average Bonchev–Trinajstić information content (AvgIpc) is 2.21. The van der Waals surface area contributed by atoms with Gasteiger partial charge in [0.05, 0.1) is 25.0 Å². The van der Waals surface area contributed by atoms with E-state index < -0.39 is 15.8 Å². The molecule has 0 heterocycles. The molecule has 0 aliphatic rings. The van der Waals surface area contributed by atoms with Crippen molar-refractivity contribution in [1.82, 2.24) is 0 Å². The number of ketones is 1. The molecule has 0 atom stereocenters. The fraction of sp³-hybridized carbons (Fsp3) is 0.800. The molecule has 0 aromatic heterocycles. The first-order valence-electron chi connectivity index (χ1n) is 5.14. The summed E-state index contributed by atoms with van der Waals surface area (Å²) in [5, 5.41) is 0. The summed E-state index contributed by atoms with van der Waals surface area (Å²) in [6.45, 7) is 1.48. The molecule has 0 saturated carbocycles. The average molecular weight is 250 g/mol. The molecule has 6 heteroatoms. The number of hydrogen-bond acceptors (Lipinski definition) is 5. The van der Waals surface area contributed by atoms with Gasteiger partial charge in [0.15, 0.2) is 9.84 Å². The van der Waals surface area contributed by atoms with Crippen molar-refractivity contribution in [3.8, 4) is 0 Å². The maximum absolute atomic E-state index is 11.4. The van der Waals surface area contributed by atoms with Gasteiger partial charge in [0.1, 0.15) is 5.78 Å². The zero-order valence-electron chi connectivity index (χ0n) is 9.69. The summed E-state index contributed by atoms with van der Waals surface area (Å²) in [4.78, 5) is 21.4. The summed E-state index contributed by atoms with van der Waals surface area (Å²) in [6, 6.07) is 0. The SMILES string of the molecule is COC(=O)CCS(=O)(=O)CCCCC(C)=O. The third kappa shape index (κ3) is 8.40. The molecule has 5 nitrogen and oxygen atoms in total.